The number of amides is 1. The smallest absolute Gasteiger partial charge is 0.264 e. The van der Waals surface area contributed by atoms with Crippen molar-refractivity contribution in [2.75, 3.05) is 5.32 Å². The summed E-state index contributed by atoms with van der Waals surface area (Å²) in [5, 5.41) is 11.6. The number of carbonyl (C=O) groups is 1. The number of anilines is 1. The minimum absolute atomic E-state index is 0.185. The second kappa shape index (κ2) is 9.88. The van der Waals surface area contributed by atoms with Gasteiger partial charge in [0.05, 0.1) is 23.3 Å². The van der Waals surface area contributed by atoms with Gasteiger partial charge in [-0.1, -0.05) is 48.5 Å². The summed E-state index contributed by atoms with van der Waals surface area (Å²) in [5.41, 5.74) is 2.62. The van der Waals surface area contributed by atoms with Crippen LogP contribution < -0.4 is 5.32 Å². The van der Waals surface area contributed by atoms with Gasteiger partial charge in [-0.2, -0.15) is 10.2 Å². The van der Waals surface area contributed by atoms with E-state index in [1.54, 1.807) is 67.1 Å². The molecule has 0 saturated heterocycles. The highest BCUT2D eigenvalue weighted by molar-refractivity contribution is 5.91. The Morgan fingerprint density at radius 2 is 1.70 bits per heavy atom. The quantitative estimate of drug-likeness (QED) is 0.310. The van der Waals surface area contributed by atoms with Crippen molar-refractivity contribution >= 4 is 22.8 Å². The Labute approximate surface area is 210 Å². The van der Waals surface area contributed by atoms with Crippen LogP contribution >= 0.6 is 0 Å². The van der Waals surface area contributed by atoms with E-state index < -0.39 is 12.3 Å². The Morgan fingerprint density at radius 3 is 2.43 bits per heavy atom. The number of pyridine rings is 1. The largest absolute Gasteiger partial charge is 0.308 e. The molecule has 1 amide bonds. The van der Waals surface area contributed by atoms with Crippen molar-refractivity contribution in [2.24, 2.45) is 0 Å². The molecule has 188 valence electrons. The highest BCUT2D eigenvalue weighted by Gasteiger charge is 2.22. The summed E-state index contributed by atoms with van der Waals surface area (Å²) in [4.78, 5) is 17.5. The Kier molecular flexibility index (Phi) is 6.47. The maximum Gasteiger partial charge on any atom is 0.264 e. The molecule has 3 heterocycles. The highest BCUT2D eigenvalue weighted by Crippen LogP contribution is 2.33. The lowest BCUT2D eigenvalue weighted by Gasteiger charge is -2.09. The van der Waals surface area contributed by atoms with Crippen molar-refractivity contribution in [1.29, 1.82) is 0 Å². The van der Waals surface area contributed by atoms with Gasteiger partial charge < -0.3 is 5.32 Å². The third kappa shape index (κ3) is 4.95. The molecule has 0 aliphatic heterocycles. The minimum atomic E-state index is -2.74. The van der Waals surface area contributed by atoms with Crippen LogP contribution in [0.15, 0.2) is 66.7 Å². The predicted octanol–water partition coefficient (Wildman–Crippen LogP) is 5.68. The van der Waals surface area contributed by atoms with Crippen LogP contribution in [0.4, 0.5) is 19.0 Å². The third-order valence-electron chi connectivity index (χ3n) is 6.03. The number of hydrogen-bond acceptors (Lipinski definition) is 4. The zero-order valence-electron chi connectivity index (χ0n) is 20.1. The van der Waals surface area contributed by atoms with Crippen LogP contribution in [-0.2, 0) is 17.9 Å². The molecule has 0 aliphatic rings. The summed E-state index contributed by atoms with van der Waals surface area (Å²) in [6, 6.07) is 18.4. The number of nitrogens with zero attached hydrogens (tertiary/aromatic N) is 5. The van der Waals surface area contributed by atoms with E-state index >= 15 is 0 Å². The summed E-state index contributed by atoms with van der Waals surface area (Å²) in [5.74, 6) is -0.502. The predicted molar refractivity (Wildman–Crippen MR) is 134 cm³/mol. The van der Waals surface area contributed by atoms with Gasteiger partial charge in [0.1, 0.15) is 12.4 Å². The molecular formula is C27H23F3N6O. The van der Waals surface area contributed by atoms with Gasteiger partial charge in [-0.25, -0.2) is 22.8 Å². The molecule has 0 saturated carbocycles. The van der Waals surface area contributed by atoms with Crippen molar-refractivity contribution in [1.82, 2.24) is 24.5 Å². The van der Waals surface area contributed by atoms with Crippen molar-refractivity contribution in [3.05, 3.63) is 95.1 Å². The van der Waals surface area contributed by atoms with Gasteiger partial charge in [-0.3, -0.25) is 9.48 Å². The molecular weight excluding hydrogens is 481 g/mol. The van der Waals surface area contributed by atoms with Crippen LogP contribution in [0.25, 0.3) is 22.3 Å². The first-order valence-electron chi connectivity index (χ1n) is 11.6. The zero-order valence-corrected chi connectivity index (χ0v) is 20.1. The summed E-state index contributed by atoms with van der Waals surface area (Å²) in [6.45, 7) is 3.37. The van der Waals surface area contributed by atoms with Gasteiger partial charge >= 0.3 is 0 Å². The van der Waals surface area contributed by atoms with Gasteiger partial charge in [0.2, 0.25) is 5.91 Å². The van der Waals surface area contributed by atoms with Crippen LogP contribution in [0.1, 0.15) is 28.9 Å². The fraction of sp³-hybridized carbons (Fsp3) is 0.185. The van der Waals surface area contributed by atoms with Crippen LogP contribution in [-0.4, -0.2) is 30.5 Å². The first-order chi connectivity index (χ1) is 17.8. The molecule has 10 heteroatoms. The normalized spacial score (nSPS) is 11.4. The molecule has 5 aromatic rings. The third-order valence-corrected chi connectivity index (χ3v) is 6.03. The Bertz CT molecular complexity index is 1590. The van der Waals surface area contributed by atoms with E-state index in [2.05, 4.69) is 20.5 Å². The number of halogens is 3. The number of aryl methyl sites for hydroxylation is 2. The van der Waals surface area contributed by atoms with Crippen molar-refractivity contribution in [3.8, 4) is 11.3 Å². The van der Waals surface area contributed by atoms with Gasteiger partial charge in [-0.05, 0) is 26.0 Å². The number of nitrogens with one attached hydrogen (secondary N) is 1. The molecule has 2 aromatic carbocycles. The van der Waals surface area contributed by atoms with Gasteiger partial charge in [0.25, 0.3) is 6.43 Å². The molecule has 1 N–H and O–H groups in total. The van der Waals surface area contributed by atoms with E-state index in [0.29, 0.717) is 28.3 Å². The van der Waals surface area contributed by atoms with E-state index in [4.69, 9.17) is 0 Å². The summed E-state index contributed by atoms with van der Waals surface area (Å²) >= 11 is 0. The zero-order chi connectivity index (χ0) is 26.1. The Balaban J connectivity index is 1.41. The molecule has 0 spiro atoms. The van der Waals surface area contributed by atoms with E-state index in [9.17, 15) is 18.0 Å². The minimum Gasteiger partial charge on any atom is -0.308 e. The number of hydrogen-bond donors (Lipinski definition) is 1. The second-order valence-corrected chi connectivity index (χ2v) is 8.67. The van der Waals surface area contributed by atoms with Crippen LogP contribution in [0.5, 0.6) is 0 Å². The second-order valence-electron chi connectivity index (χ2n) is 8.67. The van der Waals surface area contributed by atoms with Crippen LogP contribution in [0, 0.1) is 19.7 Å². The SMILES string of the molecule is Cc1nn(CC(=O)Nc2cc(C)n(Cc3ccccc3F)n2)c2nc(-c3ccccc3)cc(C(F)F)c12. The van der Waals surface area contributed by atoms with E-state index in [1.165, 1.54) is 16.8 Å². The Morgan fingerprint density at radius 1 is 0.973 bits per heavy atom. The monoisotopic (exact) mass is 504 g/mol. The van der Waals surface area contributed by atoms with Gasteiger partial charge in [0.15, 0.2) is 11.5 Å². The summed E-state index contributed by atoms with van der Waals surface area (Å²) in [7, 11) is 0. The van der Waals surface area contributed by atoms with Crippen LogP contribution in [0.3, 0.4) is 0 Å². The lowest BCUT2D eigenvalue weighted by Crippen LogP contribution is -2.20. The molecule has 5 rings (SSSR count). The lowest BCUT2D eigenvalue weighted by atomic mass is 10.1. The number of fused-ring (bicyclic) bond motifs is 1. The number of alkyl halides is 2. The molecule has 0 fully saturated rings. The summed E-state index contributed by atoms with van der Waals surface area (Å²) in [6.07, 6.45) is -2.74. The number of benzene rings is 2. The topological polar surface area (TPSA) is 77.6 Å². The average molecular weight is 505 g/mol. The van der Waals surface area contributed by atoms with E-state index in [-0.39, 0.29) is 35.5 Å². The highest BCUT2D eigenvalue weighted by atomic mass is 19.3. The van der Waals surface area contributed by atoms with Crippen molar-refractivity contribution in [3.63, 3.8) is 0 Å². The molecule has 0 unspecified atom stereocenters. The molecule has 0 aliphatic carbocycles. The lowest BCUT2D eigenvalue weighted by molar-refractivity contribution is -0.116. The maximum absolute atomic E-state index is 14.0. The molecule has 37 heavy (non-hydrogen) atoms. The molecule has 0 atom stereocenters. The van der Waals surface area contributed by atoms with Crippen molar-refractivity contribution < 1.29 is 18.0 Å². The maximum atomic E-state index is 14.0. The van der Waals surface area contributed by atoms with Crippen molar-refractivity contribution in [2.45, 2.75) is 33.4 Å². The number of rotatable bonds is 7. The van der Waals surface area contributed by atoms with Gasteiger partial charge in [0, 0.05) is 28.5 Å². The molecule has 0 radical (unpaired) electrons. The fourth-order valence-electron chi connectivity index (χ4n) is 4.26. The van der Waals surface area contributed by atoms with E-state index in [1.807, 2.05) is 6.07 Å². The molecule has 3 aromatic heterocycles. The van der Waals surface area contributed by atoms with E-state index in [0.717, 1.165) is 5.69 Å². The molecule has 0 bridgehead atoms. The average Bonchev–Trinajstić information content (AvgIpc) is 3.38. The fourth-order valence-corrected chi connectivity index (χ4v) is 4.26. The molecule has 7 nitrogen and oxygen atoms in total. The standard InChI is InChI=1S/C27H23F3N6O/c1-16-12-23(34-35(16)14-19-10-6-7-11-21(19)28)32-24(37)15-36-27-25(17(2)33-36)20(26(29)30)13-22(31-27)18-8-4-3-5-9-18/h3-13,26H,14-15H2,1-2H3,(H,32,34,37). The number of aromatic nitrogens is 5. The van der Waals surface area contributed by atoms with Crippen LogP contribution in [0.2, 0.25) is 0 Å². The first kappa shape index (κ1) is 24.2. The number of carbonyl (C=O) groups excluding carboxylic acids is 1. The Hall–Kier alpha value is -4.47. The first-order valence-corrected chi connectivity index (χ1v) is 11.6. The summed E-state index contributed by atoms with van der Waals surface area (Å²) < 4.78 is 44.9. The van der Waals surface area contributed by atoms with Gasteiger partial charge in [-0.15, -0.1) is 0 Å².